The molecule has 18 heavy (non-hydrogen) atoms. The molecule has 0 unspecified atom stereocenters. The van der Waals surface area contributed by atoms with Crippen LogP contribution in [0.3, 0.4) is 0 Å². The predicted octanol–water partition coefficient (Wildman–Crippen LogP) is 1.12. The van der Waals surface area contributed by atoms with Crippen LogP contribution in [0.15, 0.2) is 4.34 Å². The van der Waals surface area contributed by atoms with E-state index in [1.54, 1.807) is 11.8 Å². The summed E-state index contributed by atoms with van der Waals surface area (Å²) >= 11 is 4.44. The molecule has 0 spiro atoms. The van der Waals surface area contributed by atoms with Gasteiger partial charge in [0.1, 0.15) is 6.54 Å². The van der Waals surface area contributed by atoms with E-state index in [4.69, 9.17) is 0 Å². The van der Waals surface area contributed by atoms with Gasteiger partial charge in [0.25, 0.3) is 0 Å². The Labute approximate surface area is 117 Å². The van der Waals surface area contributed by atoms with Crippen LogP contribution in [0.5, 0.6) is 0 Å². The van der Waals surface area contributed by atoms with Crippen molar-refractivity contribution in [2.75, 3.05) is 29.2 Å². The smallest absolute Gasteiger partial charge is 0.245 e. The van der Waals surface area contributed by atoms with Crippen molar-refractivity contribution in [1.29, 1.82) is 0 Å². The molecule has 1 N–H and O–H groups in total. The summed E-state index contributed by atoms with van der Waals surface area (Å²) in [5.74, 6) is 1.75. The van der Waals surface area contributed by atoms with Gasteiger partial charge in [0.05, 0.1) is 11.6 Å². The van der Waals surface area contributed by atoms with E-state index in [-0.39, 0.29) is 18.4 Å². The first kappa shape index (κ1) is 13.6. The molecule has 1 aliphatic rings. The second kappa shape index (κ2) is 6.39. The van der Waals surface area contributed by atoms with Gasteiger partial charge in [-0.05, 0) is 5.75 Å². The van der Waals surface area contributed by atoms with Crippen molar-refractivity contribution in [1.82, 2.24) is 15.1 Å². The number of nitrogens with one attached hydrogen (secondary N) is 1. The van der Waals surface area contributed by atoms with Gasteiger partial charge >= 0.3 is 0 Å². The molecule has 1 saturated heterocycles. The minimum absolute atomic E-state index is 0.00893. The van der Waals surface area contributed by atoms with Crippen molar-refractivity contribution in [3.05, 3.63) is 0 Å². The third-order valence-corrected chi connectivity index (χ3v) is 4.88. The monoisotopic (exact) mass is 304 g/mol. The molecule has 1 fully saturated rings. The number of thioether (sulfide) groups is 2. The maximum atomic E-state index is 11.7. The predicted molar refractivity (Wildman–Crippen MR) is 74.0 cm³/mol. The molecule has 0 saturated carbocycles. The van der Waals surface area contributed by atoms with Gasteiger partial charge in [-0.3, -0.25) is 14.9 Å². The highest BCUT2D eigenvalue weighted by Crippen LogP contribution is 2.25. The quantitative estimate of drug-likeness (QED) is 0.649. The molecule has 0 radical (unpaired) electrons. The molecule has 1 aromatic heterocycles. The first-order valence-electron chi connectivity index (χ1n) is 5.30. The lowest BCUT2D eigenvalue weighted by Crippen LogP contribution is -2.34. The summed E-state index contributed by atoms with van der Waals surface area (Å²) in [6, 6.07) is 0. The number of hydrogen-bond acceptors (Lipinski definition) is 7. The molecule has 2 amide bonds. The number of nitrogens with zero attached hydrogens (tertiary/aromatic N) is 3. The largest absolute Gasteiger partial charge is 0.323 e. The first-order chi connectivity index (χ1) is 8.69. The zero-order valence-corrected chi connectivity index (χ0v) is 12.2. The molecule has 1 aliphatic heterocycles. The number of aromatic nitrogens is 2. The van der Waals surface area contributed by atoms with Crippen LogP contribution in [0.25, 0.3) is 0 Å². The fourth-order valence-corrected chi connectivity index (χ4v) is 3.88. The summed E-state index contributed by atoms with van der Waals surface area (Å²) < 4.78 is 0.834. The number of amides is 2. The van der Waals surface area contributed by atoms with Crippen molar-refractivity contribution in [3.63, 3.8) is 0 Å². The van der Waals surface area contributed by atoms with Crippen molar-refractivity contribution >= 4 is 51.8 Å². The molecule has 98 valence electrons. The molecular formula is C9H12N4O2S3. The van der Waals surface area contributed by atoms with E-state index in [1.807, 2.05) is 6.92 Å². The van der Waals surface area contributed by atoms with E-state index in [9.17, 15) is 9.59 Å². The maximum Gasteiger partial charge on any atom is 0.245 e. The summed E-state index contributed by atoms with van der Waals surface area (Å²) in [4.78, 5) is 24.6. The van der Waals surface area contributed by atoms with E-state index in [0.29, 0.717) is 16.8 Å². The van der Waals surface area contributed by atoms with E-state index in [1.165, 1.54) is 28.0 Å². The van der Waals surface area contributed by atoms with Gasteiger partial charge in [0.15, 0.2) is 4.34 Å². The Balaban J connectivity index is 1.84. The summed E-state index contributed by atoms with van der Waals surface area (Å²) in [7, 11) is 0. The molecule has 0 aromatic carbocycles. The summed E-state index contributed by atoms with van der Waals surface area (Å²) in [5, 5.41) is 11.0. The van der Waals surface area contributed by atoms with Crippen LogP contribution >= 0.6 is 34.9 Å². The maximum absolute atomic E-state index is 11.7. The average molecular weight is 304 g/mol. The highest BCUT2D eigenvalue weighted by Gasteiger charge is 2.23. The Bertz CT molecular complexity index is 451. The van der Waals surface area contributed by atoms with Gasteiger partial charge in [-0.2, -0.15) is 0 Å². The first-order valence-corrected chi connectivity index (χ1v) is 8.26. The zero-order valence-electron chi connectivity index (χ0n) is 9.71. The Hall–Kier alpha value is -0.800. The highest BCUT2D eigenvalue weighted by molar-refractivity contribution is 8.01. The molecule has 6 nitrogen and oxygen atoms in total. The average Bonchev–Trinajstić information content (AvgIpc) is 2.90. The van der Waals surface area contributed by atoms with Crippen molar-refractivity contribution < 1.29 is 9.59 Å². The van der Waals surface area contributed by atoms with Crippen molar-refractivity contribution in [2.24, 2.45) is 0 Å². The molecule has 0 bridgehead atoms. The van der Waals surface area contributed by atoms with Crippen LogP contribution in [0.2, 0.25) is 0 Å². The highest BCUT2D eigenvalue weighted by atomic mass is 32.2. The molecule has 1 aromatic rings. The lowest BCUT2D eigenvalue weighted by Gasteiger charge is -2.12. The second-order valence-corrected chi connectivity index (χ2v) is 6.87. The summed E-state index contributed by atoms with van der Waals surface area (Å²) in [6.07, 6.45) is 0. The summed E-state index contributed by atoms with van der Waals surface area (Å²) in [5.41, 5.74) is 0. The fraction of sp³-hybridized carbons (Fsp3) is 0.556. The Morgan fingerprint density at radius 3 is 3.06 bits per heavy atom. The normalized spacial score (nSPS) is 15.2. The van der Waals surface area contributed by atoms with Crippen LogP contribution in [0.4, 0.5) is 5.13 Å². The van der Waals surface area contributed by atoms with Gasteiger partial charge < -0.3 is 4.90 Å². The van der Waals surface area contributed by atoms with Crippen LogP contribution in [0, 0.1) is 0 Å². The van der Waals surface area contributed by atoms with Crippen LogP contribution in [0.1, 0.15) is 6.92 Å². The molecule has 2 heterocycles. The van der Waals surface area contributed by atoms with E-state index >= 15 is 0 Å². The lowest BCUT2D eigenvalue weighted by molar-refractivity contribution is -0.130. The van der Waals surface area contributed by atoms with Crippen LogP contribution < -0.4 is 5.32 Å². The minimum atomic E-state index is -0.227. The molecule has 9 heteroatoms. The molecular weight excluding hydrogens is 292 g/mol. The number of carbonyl (C=O) groups excluding carboxylic acids is 2. The fourth-order valence-electron chi connectivity index (χ4n) is 1.31. The van der Waals surface area contributed by atoms with E-state index in [0.717, 1.165) is 10.1 Å². The third-order valence-electron chi connectivity index (χ3n) is 2.08. The number of rotatable bonds is 5. The minimum Gasteiger partial charge on any atom is -0.323 e. The molecule has 0 aliphatic carbocycles. The topological polar surface area (TPSA) is 75.2 Å². The number of hydrogen-bond donors (Lipinski definition) is 1. The van der Waals surface area contributed by atoms with Gasteiger partial charge in [0.2, 0.25) is 16.9 Å². The Kier molecular flexibility index (Phi) is 4.84. The zero-order chi connectivity index (χ0) is 13.0. The van der Waals surface area contributed by atoms with Gasteiger partial charge in [-0.1, -0.05) is 30.0 Å². The number of anilines is 1. The second-order valence-electron chi connectivity index (χ2n) is 3.42. The van der Waals surface area contributed by atoms with E-state index < -0.39 is 0 Å². The lowest BCUT2D eigenvalue weighted by atomic mass is 10.5. The van der Waals surface area contributed by atoms with Crippen molar-refractivity contribution in [2.45, 2.75) is 11.3 Å². The molecule has 0 atom stereocenters. The standard InChI is InChI=1S/C9H12N4O2S3/c1-2-17-9-12-11-8(18-9)10-6(14)3-13-5-16-4-7(13)15/h2-5H2,1H3,(H,10,11,14). The van der Waals surface area contributed by atoms with Gasteiger partial charge in [-0.25, -0.2) is 0 Å². The molecule has 2 rings (SSSR count). The number of carbonyl (C=O) groups is 2. The Morgan fingerprint density at radius 2 is 2.39 bits per heavy atom. The SMILES string of the molecule is CCSc1nnc(NC(=O)CN2CSCC2=O)s1. The van der Waals surface area contributed by atoms with E-state index in [2.05, 4.69) is 15.5 Å². The van der Waals surface area contributed by atoms with Crippen LogP contribution in [-0.4, -0.2) is 50.8 Å². The Morgan fingerprint density at radius 1 is 1.56 bits per heavy atom. The third kappa shape index (κ3) is 3.59. The van der Waals surface area contributed by atoms with Gasteiger partial charge in [-0.15, -0.1) is 22.0 Å². The van der Waals surface area contributed by atoms with Crippen molar-refractivity contribution in [3.8, 4) is 0 Å². The van der Waals surface area contributed by atoms with Gasteiger partial charge in [0, 0.05) is 0 Å². The van der Waals surface area contributed by atoms with Crippen LogP contribution in [-0.2, 0) is 9.59 Å². The summed E-state index contributed by atoms with van der Waals surface area (Å²) in [6.45, 7) is 2.11.